The van der Waals surface area contributed by atoms with Crippen LogP contribution >= 0.6 is 0 Å². The second kappa shape index (κ2) is 4.74. The van der Waals surface area contributed by atoms with E-state index in [-0.39, 0.29) is 24.7 Å². The molecular formula is C8H10FNO3. The summed E-state index contributed by atoms with van der Waals surface area (Å²) >= 11 is 0. The first-order valence-corrected chi connectivity index (χ1v) is 3.77. The number of pyridine rings is 1. The highest BCUT2D eigenvalue weighted by molar-refractivity contribution is 5.22. The molecule has 0 fully saturated rings. The van der Waals surface area contributed by atoms with Crippen molar-refractivity contribution in [2.24, 2.45) is 0 Å². The summed E-state index contributed by atoms with van der Waals surface area (Å²) in [5.74, 6) is -0.876. The average molecular weight is 187 g/mol. The molecule has 0 aliphatic carbocycles. The van der Waals surface area contributed by atoms with Crippen LogP contribution in [-0.4, -0.2) is 28.4 Å². The third-order valence-corrected chi connectivity index (χ3v) is 1.44. The summed E-state index contributed by atoms with van der Waals surface area (Å²) in [7, 11) is 0. The second-order valence-electron chi connectivity index (χ2n) is 2.32. The fourth-order valence-corrected chi connectivity index (χ4v) is 0.827. The van der Waals surface area contributed by atoms with Crippen LogP contribution in [0.2, 0.25) is 0 Å². The van der Waals surface area contributed by atoms with Gasteiger partial charge in [-0.15, -0.1) is 0 Å². The Kier molecular flexibility index (Phi) is 3.60. The predicted molar refractivity (Wildman–Crippen MR) is 42.7 cm³/mol. The highest BCUT2D eigenvalue weighted by Gasteiger charge is 2.09. The number of hydrogen-bond donors (Lipinski definition) is 2. The summed E-state index contributed by atoms with van der Waals surface area (Å²) < 4.78 is 17.9. The van der Waals surface area contributed by atoms with Crippen LogP contribution in [0.1, 0.15) is 5.56 Å². The van der Waals surface area contributed by atoms with Gasteiger partial charge in [0.05, 0.1) is 13.2 Å². The van der Waals surface area contributed by atoms with Crippen LogP contribution in [0.25, 0.3) is 0 Å². The first-order chi connectivity index (χ1) is 6.29. The van der Waals surface area contributed by atoms with Crippen molar-refractivity contribution in [2.75, 3.05) is 13.2 Å². The van der Waals surface area contributed by atoms with E-state index < -0.39 is 12.4 Å². The number of halogens is 1. The van der Waals surface area contributed by atoms with Crippen LogP contribution in [0.15, 0.2) is 12.3 Å². The minimum Gasteiger partial charge on any atom is -0.473 e. The summed E-state index contributed by atoms with van der Waals surface area (Å²) in [5, 5.41) is 17.1. The van der Waals surface area contributed by atoms with E-state index in [2.05, 4.69) is 4.98 Å². The molecule has 0 aliphatic heterocycles. The minimum absolute atomic E-state index is 0.0151. The molecule has 2 N–H and O–H groups in total. The third-order valence-electron chi connectivity index (χ3n) is 1.44. The highest BCUT2D eigenvalue weighted by Crippen LogP contribution is 2.16. The van der Waals surface area contributed by atoms with Gasteiger partial charge in [-0.2, -0.15) is 0 Å². The Balaban J connectivity index is 2.81. The van der Waals surface area contributed by atoms with E-state index in [1.807, 2.05) is 0 Å². The highest BCUT2D eigenvalue weighted by atomic mass is 19.1. The van der Waals surface area contributed by atoms with E-state index in [1.54, 1.807) is 0 Å². The maximum absolute atomic E-state index is 13.2. The molecule has 1 aromatic heterocycles. The quantitative estimate of drug-likeness (QED) is 0.701. The maximum Gasteiger partial charge on any atom is 0.250 e. The van der Waals surface area contributed by atoms with Crippen molar-refractivity contribution < 1.29 is 19.3 Å². The fourth-order valence-electron chi connectivity index (χ4n) is 0.827. The molecular weight excluding hydrogens is 177 g/mol. The lowest BCUT2D eigenvalue weighted by Gasteiger charge is -2.05. The van der Waals surface area contributed by atoms with Crippen molar-refractivity contribution in [1.82, 2.24) is 4.98 Å². The van der Waals surface area contributed by atoms with E-state index in [4.69, 9.17) is 14.9 Å². The number of rotatable bonds is 4. The van der Waals surface area contributed by atoms with Gasteiger partial charge in [0.15, 0.2) is 5.82 Å². The molecule has 0 saturated carbocycles. The standard InChI is InChI=1S/C8H10FNO3/c9-7-6(5-12)1-2-10-8(7)13-4-3-11/h1-2,11-12H,3-5H2. The third kappa shape index (κ3) is 2.37. The lowest BCUT2D eigenvalue weighted by molar-refractivity contribution is 0.189. The van der Waals surface area contributed by atoms with E-state index in [0.717, 1.165) is 0 Å². The molecule has 1 rings (SSSR count). The normalized spacial score (nSPS) is 10.1. The van der Waals surface area contributed by atoms with Gasteiger partial charge in [-0.05, 0) is 6.07 Å². The Bertz CT molecular complexity index is 280. The Hall–Kier alpha value is -1.20. The van der Waals surface area contributed by atoms with Crippen LogP contribution in [0, 0.1) is 5.82 Å². The summed E-state index contributed by atoms with van der Waals surface area (Å²) in [6, 6.07) is 1.36. The van der Waals surface area contributed by atoms with Crippen molar-refractivity contribution in [2.45, 2.75) is 6.61 Å². The van der Waals surface area contributed by atoms with Gasteiger partial charge in [0, 0.05) is 11.8 Å². The van der Waals surface area contributed by atoms with Crippen molar-refractivity contribution >= 4 is 0 Å². The Morgan fingerprint density at radius 1 is 1.46 bits per heavy atom. The Morgan fingerprint density at radius 3 is 2.85 bits per heavy atom. The van der Waals surface area contributed by atoms with Gasteiger partial charge < -0.3 is 14.9 Å². The van der Waals surface area contributed by atoms with Gasteiger partial charge in [0.25, 0.3) is 5.88 Å². The molecule has 1 aromatic rings. The SMILES string of the molecule is OCCOc1nccc(CO)c1F. The van der Waals surface area contributed by atoms with Crippen LogP contribution in [0.5, 0.6) is 5.88 Å². The minimum atomic E-state index is -0.682. The molecule has 0 atom stereocenters. The Labute approximate surface area is 74.6 Å². The van der Waals surface area contributed by atoms with Crippen LogP contribution in [0.4, 0.5) is 4.39 Å². The molecule has 72 valence electrons. The molecule has 0 saturated heterocycles. The molecule has 5 heteroatoms. The lowest BCUT2D eigenvalue weighted by Crippen LogP contribution is -2.06. The molecule has 0 radical (unpaired) electrons. The maximum atomic E-state index is 13.2. The largest absolute Gasteiger partial charge is 0.473 e. The number of hydrogen-bond acceptors (Lipinski definition) is 4. The summed E-state index contributed by atoms with van der Waals surface area (Å²) in [6.07, 6.45) is 1.33. The van der Waals surface area contributed by atoms with E-state index in [1.165, 1.54) is 12.3 Å². The molecule has 0 aliphatic rings. The fraction of sp³-hybridized carbons (Fsp3) is 0.375. The Morgan fingerprint density at radius 2 is 2.23 bits per heavy atom. The molecule has 4 nitrogen and oxygen atoms in total. The summed E-state index contributed by atoms with van der Waals surface area (Å²) in [6.45, 7) is -0.618. The van der Waals surface area contributed by atoms with Gasteiger partial charge >= 0.3 is 0 Å². The lowest BCUT2D eigenvalue weighted by atomic mass is 10.3. The van der Waals surface area contributed by atoms with Gasteiger partial charge in [-0.3, -0.25) is 0 Å². The number of aliphatic hydroxyl groups excluding tert-OH is 2. The van der Waals surface area contributed by atoms with E-state index >= 15 is 0 Å². The first-order valence-electron chi connectivity index (χ1n) is 3.77. The van der Waals surface area contributed by atoms with Gasteiger partial charge in [-0.25, -0.2) is 9.37 Å². The molecule has 0 spiro atoms. The van der Waals surface area contributed by atoms with Crippen LogP contribution in [-0.2, 0) is 6.61 Å². The second-order valence-corrected chi connectivity index (χ2v) is 2.32. The van der Waals surface area contributed by atoms with Crippen molar-refractivity contribution in [3.8, 4) is 5.88 Å². The van der Waals surface area contributed by atoms with Crippen molar-refractivity contribution in [1.29, 1.82) is 0 Å². The molecule has 1 heterocycles. The van der Waals surface area contributed by atoms with Crippen LogP contribution < -0.4 is 4.74 Å². The van der Waals surface area contributed by atoms with Crippen molar-refractivity contribution in [3.05, 3.63) is 23.6 Å². The number of aromatic nitrogens is 1. The van der Waals surface area contributed by atoms with E-state index in [9.17, 15) is 4.39 Å². The zero-order chi connectivity index (χ0) is 9.68. The summed E-state index contributed by atoms with van der Waals surface area (Å²) in [5.41, 5.74) is 0.128. The van der Waals surface area contributed by atoms with Crippen molar-refractivity contribution in [3.63, 3.8) is 0 Å². The molecule has 0 aromatic carbocycles. The zero-order valence-corrected chi connectivity index (χ0v) is 6.90. The summed E-state index contributed by atoms with van der Waals surface area (Å²) in [4.78, 5) is 3.60. The van der Waals surface area contributed by atoms with E-state index in [0.29, 0.717) is 0 Å². The predicted octanol–water partition coefficient (Wildman–Crippen LogP) is 0.0841. The number of aliphatic hydroxyl groups is 2. The zero-order valence-electron chi connectivity index (χ0n) is 6.90. The monoisotopic (exact) mass is 187 g/mol. The average Bonchev–Trinajstić information content (AvgIpc) is 2.16. The molecule has 0 amide bonds. The number of nitrogens with zero attached hydrogens (tertiary/aromatic N) is 1. The number of ether oxygens (including phenoxy) is 1. The molecule has 13 heavy (non-hydrogen) atoms. The van der Waals surface area contributed by atoms with Gasteiger partial charge in [0.1, 0.15) is 6.61 Å². The van der Waals surface area contributed by atoms with Gasteiger partial charge in [-0.1, -0.05) is 0 Å². The molecule has 0 bridgehead atoms. The molecule has 0 unspecified atom stereocenters. The van der Waals surface area contributed by atoms with Crippen LogP contribution in [0.3, 0.4) is 0 Å². The topological polar surface area (TPSA) is 62.6 Å². The smallest absolute Gasteiger partial charge is 0.250 e. The van der Waals surface area contributed by atoms with Gasteiger partial charge in [0.2, 0.25) is 0 Å². The first kappa shape index (κ1) is 9.88.